The fourth-order valence-electron chi connectivity index (χ4n) is 2.22. The second-order valence-electron chi connectivity index (χ2n) is 4.65. The highest BCUT2D eigenvalue weighted by atomic mass is 15.3. The first kappa shape index (κ1) is 12.4. The molecule has 3 rings (SSSR count). The van der Waals surface area contributed by atoms with Crippen molar-refractivity contribution in [3.05, 3.63) is 36.0 Å². The third kappa shape index (κ3) is 2.67. The fraction of sp³-hybridized carbons (Fsp3) is 0.286. The fourth-order valence-corrected chi connectivity index (χ4v) is 2.22. The molecule has 1 saturated heterocycles. The van der Waals surface area contributed by atoms with Crippen LogP contribution in [0.1, 0.15) is 18.4 Å². The van der Waals surface area contributed by atoms with Gasteiger partial charge in [-0.2, -0.15) is 15.3 Å². The number of nitrogens with zero attached hydrogens (tertiary/aromatic N) is 5. The standard InChI is InChI=1S/C14H14N6/c15-9-11-4-3-5-12(8-11)17-13-10-16-19-14(18-13)20-6-1-2-7-20/h3-5,8,10H,1-2,6-7H2,(H,17,18,19). The number of hydrogen-bond donors (Lipinski definition) is 1. The predicted molar refractivity (Wildman–Crippen MR) is 75.7 cm³/mol. The van der Waals surface area contributed by atoms with Crippen molar-refractivity contribution in [2.75, 3.05) is 23.3 Å². The van der Waals surface area contributed by atoms with E-state index in [-0.39, 0.29) is 0 Å². The normalized spacial score (nSPS) is 14.1. The second-order valence-corrected chi connectivity index (χ2v) is 4.65. The summed E-state index contributed by atoms with van der Waals surface area (Å²) in [6.07, 6.45) is 3.93. The molecule has 6 heteroatoms. The van der Waals surface area contributed by atoms with Crippen LogP contribution in [-0.2, 0) is 0 Å². The monoisotopic (exact) mass is 266 g/mol. The molecule has 1 aromatic carbocycles. The molecule has 0 atom stereocenters. The Morgan fingerprint density at radius 1 is 1.25 bits per heavy atom. The van der Waals surface area contributed by atoms with Gasteiger partial charge < -0.3 is 10.2 Å². The average Bonchev–Trinajstić information content (AvgIpc) is 3.02. The minimum atomic E-state index is 0.608. The Bertz CT molecular complexity index is 642. The molecule has 2 heterocycles. The van der Waals surface area contributed by atoms with Crippen LogP contribution in [0.5, 0.6) is 0 Å². The highest BCUT2D eigenvalue weighted by Gasteiger charge is 2.15. The smallest absolute Gasteiger partial charge is 0.247 e. The van der Waals surface area contributed by atoms with Crippen LogP contribution in [0.2, 0.25) is 0 Å². The highest BCUT2D eigenvalue weighted by molar-refractivity contribution is 5.58. The molecule has 6 nitrogen and oxygen atoms in total. The molecule has 0 spiro atoms. The Morgan fingerprint density at radius 2 is 2.10 bits per heavy atom. The Hall–Kier alpha value is -2.68. The summed E-state index contributed by atoms with van der Waals surface area (Å²) in [4.78, 5) is 6.59. The van der Waals surface area contributed by atoms with Gasteiger partial charge in [0.1, 0.15) is 0 Å². The number of aromatic nitrogens is 3. The zero-order chi connectivity index (χ0) is 13.8. The van der Waals surface area contributed by atoms with E-state index in [2.05, 4.69) is 31.5 Å². The quantitative estimate of drug-likeness (QED) is 0.916. The summed E-state index contributed by atoms with van der Waals surface area (Å²) in [6.45, 7) is 1.96. The number of nitrogens with one attached hydrogen (secondary N) is 1. The Kier molecular flexibility index (Phi) is 3.42. The van der Waals surface area contributed by atoms with E-state index in [4.69, 9.17) is 5.26 Å². The molecule has 1 aliphatic heterocycles. The van der Waals surface area contributed by atoms with E-state index in [9.17, 15) is 0 Å². The molecule has 1 fully saturated rings. The van der Waals surface area contributed by atoms with Gasteiger partial charge in [-0.05, 0) is 31.0 Å². The number of anilines is 3. The van der Waals surface area contributed by atoms with Crippen LogP contribution in [-0.4, -0.2) is 28.3 Å². The van der Waals surface area contributed by atoms with Gasteiger partial charge in [-0.1, -0.05) is 6.07 Å². The van der Waals surface area contributed by atoms with Gasteiger partial charge in [0.25, 0.3) is 0 Å². The average molecular weight is 266 g/mol. The van der Waals surface area contributed by atoms with Crippen molar-refractivity contribution in [1.29, 1.82) is 5.26 Å². The van der Waals surface area contributed by atoms with E-state index in [0.717, 1.165) is 18.8 Å². The largest absolute Gasteiger partial charge is 0.339 e. The van der Waals surface area contributed by atoms with Crippen molar-refractivity contribution >= 4 is 17.5 Å². The van der Waals surface area contributed by atoms with E-state index in [0.29, 0.717) is 17.3 Å². The molecule has 0 bridgehead atoms. The number of benzene rings is 1. The zero-order valence-corrected chi connectivity index (χ0v) is 11.0. The summed E-state index contributed by atoms with van der Waals surface area (Å²) in [7, 11) is 0. The molecule has 100 valence electrons. The van der Waals surface area contributed by atoms with Crippen molar-refractivity contribution in [3.8, 4) is 6.07 Å². The number of nitriles is 1. The van der Waals surface area contributed by atoms with Crippen LogP contribution in [0.25, 0.3) is 0 Å². The summed E-state index contributed by atoms with van der Waals surface area (Å²) >= 11 is 0. The second kappa shape index (κ2) is 5.53. The lowest BCUT2D eigenvalue weighted by molar-refractivity contribution is 0.852. The third-order valence-electron chi connectivity index (χ3n) is 3.20. The van der Waals surface area contributed by atoms with Crippen LogP contribution in [0.4, 0.5) is 17.5 Å². The van der Waals surface area contributed by atoms with Gasteiger partial charge in [0.15, 0.2) is 5.82 Å². The summed E-state index contributed by atoms with van der Waals surface area (Å²) in [5, 5.41) is 20.1. The topological polar surface area (TPSA) is 77.7 Å². The van der Waals surface area contributed by atoms with Crippen molar-refractivity contribution in [2.24, 2.45) is 0 Å². The molecular weight excluding hydrogens is 252 g/mol. The minimum absolute atomic E-state index is 0.608. The first-order valence-corrected chi connectivity index (χ1v) is 6.57. The van der Waals surface area contributed by atoms with E-state index < -0.39 is 0 Å². The first-order chi connectivity index (χ1) is 9.85. The van der Waals surface area contributed by atoms with E-state index in [1.165, 1.54) is 12.8 Å². The van der Waals surface area contributed by atoms with E-state index >= 15 is 0 Å². The molecule has 0 aliphatic carbocycles. The van der Waals surface area contributed by atoms with Crippen molar-refractivity contribution < 1.29 is 0 Å². The van der Waals surface area contributed by atoms with Gasteiger partial charge >= 0.3 is 0 Å². The maximum Gasteiger partial charge on any atom is 0.247 e. The number of rotatable bonds is 3. The SMILES string of the molecule is N#Cc1cccc(Nc2cnnc(N3CCCC3)n2)c1. The first-order valence-electron chi connectivity index (χ1n) is 6.57. The van der Waals surface area contributed by atoms with Crippen LogP contribution in [0.3, 0.4) is 0 Å². The van der Waals surface area contributed by atoms with Crippen molar-refractivity contribution in [1.82, 2.24) is 15.2 Å². The van der Waals surface area contributed by atoms with E-state index in [1.54, 1.807) is 18.3 Å². The Labute approximate surface area is 117 Å². The van der Waals surface area contributed by atoms with Gasteiger partial charge in [-0.3, -0.25) is 0 Å². The van der Waals surface area contributed by atoms with E-state index in [1.807, 2.05) is 12.1 Å². The van der Waals surface area contributed by atoms with Crippen LogP contribution < -0.4 is 10.2 Å². The predicted octanol–water partition coefficient (Wildman–Crippen LogP) is 2.09. The molecule has 0 amide bonds. The minimum Gasteiger partial charge on any atom is -0.339 e. The summed E-state index contributed by atoms with van der Waals surface area (Å²) < 4.78 is 0. The maximum atomic E-state index is 8.89. The summed E-state index contributed by atoms with van der Waals surface area (Å²) in [6, 6.07) is 9.37. The van der Waals surface area contributed by atoms with Gasteiger partial charge in [0, 0.05) is 18.8 Å². The van der Waals surface area contributed by atoms with Gasteiger partial charge in [-0.25, -0.2) is 0 Å². The maximum absolute atomic E-state index is 8.89. The molecular formula is C14H14N6. The molecule has 0 unspecified atom stereocenters. The lowest BCUT2D eigenvalue weighted by Gasteiger charge is -2.14. The molecule has 20 heavy (non-hydrogen) atoms. The molecule has 0 radical (unpaired) electrons. The lowest BCUT2D eigenvalue weighted by Crippen LogP contribution is -2.21. The van der Waals surface area contributed by atoms with Crippen LogP contribution in [0, 0.1) is 11.3 Å². The summed E-state index contributed by atoms with van der Waals surface area (Å²) in [5.74, 6) is 1.29. The van der Waals surface area contributed by atoms with Crippen LogP contribution >= 0.6 is 0 Å². The lowest BCUT2D eigenvalue weighted by atomic mass is 10.2. The molecule has 1 aliphatic rings. The summed E-state index contributed by atoms with van der Waals surface area (Å²) in [5.41, 5.74) is 1.42. The van der Waals surface area contributed by atoms with Crippen molar-refractivity contribution in [2.45, 2.75) is 12.8 Å². The third-order valence-corrected chi connectivity index (χ3v) is 3.20. The van der Waals surface area contributed by atoms with Crippen molar-refractivity contribution in [3.63, 3.8) is 0 Å². The Balaban J connectivity index is 1.80. The number of hydrogen-bond acceptors (Lipinski definition) is 6. The highest BCUT2D eigenvalue weighted by Crippen LogP contribution is 2.19. The molecule has 1 aromatic heterocycles. The Morgan fingerprint density at radius 3 is 2.90 bits per heavy atom. The van der Waals surface area contributed by atoms with Gasteiger partial charge in [-0.15, -0.1) is 5.10 Å². The van der Waals surface area contributed by atoms with Gasteiger partial charge in [0.05, 0.1) is 17.8 Å². The molecule has 2 aromatic rings. The van der Waals surface area contributed by atoms with Gasteiger partial charge in [0.2, 0.25) is 5.95 Å². The molecule has 0 saturated carbocycles. The molecule has 1 N–H and O–H groups in total. The van der Waals surface area contributed by atoms with Crippen LogP contribution in [0.15, 0.2) is 30.5 Å². The zero-order valence-electron chi connectivity index (χ0n) is 11.0.